The summed E-state index contributed by atoms with van der Waals surface area (Å²) in [5.41, 5.74) is 6.21. The van der Waals surface area contributed by atoms with E-state index in [1.807, 2.05) is 0 Å². The first-order valence-electron chi connectivity index (χ1n) is 7.72. The standard InChI is InChI=1S/C18H29N/c1-13-10-15(3)17(11-14(13)2)16(4)19-12-18(5)8-6-7-9-18/h10-11,16,19H,6-9,12H2,1-5H3. The van der Waals surface area contributed by atoms with Crippen LogP contribution in [0.5, 0.6) is 0 Å². The molecule has 1 fully saturated rings. The highest BCUT2D eigenvalue weighted by Crippen LogP contribution is 2.37. The van der Waals surface area contributed by atoms with Crippen LogP contribution in [0.25, 0.3) is 0 Å². The SMILES string of the molecule is Cc1cc(C)c(C(C)NCC2(C)CCCC2)cc1C. The third-order valence-electron chi connectivity index (χ3n) is 4.99. The fourth-order valence-corrected chi connectivity index (χ4v) is 3.36. The summed E-state index contributed by atoms with van der Waals surface area (Å²) in [6.45, 7) is 12.5. The fraction of sp³-hybridized carbons (Fsp3) is 0.667. The lowest BCUT2D eigenvalue weighted by Gasteiger charge is -2.27. The van der Waals surface area contributed by atoms with Gasteiger partial charge in [-0.05, 0) is 68.2 Å². The van der Waals surface area contributed by atoms with Gasteiger partial charge in [-0.1, -0.05) is 31.9 Å². The Hall–Kier alpha value is -0.820. The van der Waals surface area contributed by atoms with Gasteiger partial charge in [-0.2, -0.15) is 0 Å². The molecule has 1 nitrogen and oxygen atoms in total. The molecule has 1 unspecified atom stereocenters. The quantitative estimate of drug-likeness (QED) is 0.815. The van der Waals surface area contributed by atoms with Crippen molar-refractivity contribution in [1.82, 2.24) is 5.32 Å². The Morgan fingerprint density at radius 2 is 1.63 bits per heavy atom. The topological polar surface area (TPSA) is 12.0 Å². The van der Waals surface area contributed by atoms with Crippen molar-refractivity contribution < 1.29 is 0 Å². The molecule has 0 spiro atoms. The number of hydrogen-bond acceptors (Lipinski definition) is 1. The monoisotopic (exact) mass is 259 g/mol. The van der Waals surface area contributed by atoms with Crippen LogP contribution in [0.1, 0.15) is 67.8 Å². The van der Waals surface area contributed by atoms with Crippen LogP contribution in [0, 0.1) is 26.2 Å². The molecular formula is C18H29N. The smallest absolute Gasteiger partial charge is 0.0294 e. The van der Waals surface area contributed by atoms with Crippen molar-refractivity contribution in [3.05, 3.63) is 34.4 Å². The molecule has 2 rings (SSSR count). The van der Waals surface area contributed by atoms with Gasteiger partial charge in [0.05, 0.1) is 0 Å². The van der Waals surface area contributed by atoms with Crippen molar-refractivity contribution in [3.8, 4) is 0 Å². The molecular weight excluding hydrogens is 230 g/mol. The average molecular weight is 259 g/mol. The van der Waals surface area contributed by atoms with Gasteiger partial charge in [-0.25, -0.2) is 0 Å². The Kier molecular flexibility index (Phi) is 4.35. The molecule has 1 N–H and O–H groups in total. The highest BCUT2D eigenvalue weighted by Gasteiger charge is 2.28. The van der Waals surface area contributed by atoms with Crippen molar-refractivity contribution >= 4 is 0 Å². The maximum atomic E-state index is 3.77. The van der Waals surface area contributed by atoms with Gasteiger partial charge in [-0.3, -0.25) is 0 Å². The predicted octanol–water partition coefficient (Wildman–Crippen LogP) is 4.84. The van der Waals surface area contributed by atoms with Gasteiger partial charge >= 0.3 is 0 Å². The highest BCUT2D eigenvalue weighted by molar-refractivity contribution is 5.38. The third kappa shape index (κ3) is 3.39. The van der Waals surface area contributed by atoms with E-state index in [1.165, 1.54) is 47.9 Å². The molecule has 0 amide bonds. The lowest BCUT2D eigenvalue weighted by Crippen LogP contribution is -2.31. The van der Waals surface area contributed by atoms with Crippen LogP contribution >= 0.6 is 0 Å². The summed E-state index contributed by atoms with van der Waals surface area (Å²) in [4.78, 5) is 0. The summed E-state index contributed by atoms with van der Waals surface area (Å²) >= 11 is 0. The number of rotatable bonds is 4. The molecule has 0 bridgehead atoms. The summed E-state index contributed by atoms with van der Waals surface area (Å²) < 4.78 is 0. The van der Waals surface area contributed by atoms with E-state index >= 15 is 0 Å². The van der Waals surface area contributed by atoms with E-state index in [1.54, 1.807) is 0 Å². The van der Waals surface area contributed by atoms with Crippen LogP contribution in [0.3, 0.4) is 0 Å². The minimum absolute atomic E-state index is 0.455. The van der Waals surface area contributed by atoms with E-state index in [9.17, 15) is 0 Å². The minimum Gasteiger partial charge on any atom is -0.310 e. The molecule has 0 radical (unpaired) electrons. The normalized spacial score (nSPS) is 19.6. The molecule has 19 heavy (non-hydrogen) atoms. The number of benzene rings is 1. The molecule has 106 valence electrons. The van der Waals surface area contributed by atoms with Gasteiger partial charge < -0.3 is 5.32 Å². The van der Waals surface area contributed by atoms with E-state index < -0.39 is 0 Å². The van der Waals surface area contributed by atoms with Crippen molar-refractivity contribution in [1.29, 1.82) is 0 Å². The minimum atomic E-state index is 0.455. The molecule has 1 atom stereocenters. The summed E-state index contributed by atoms with van der Waals surface area (Å²) in [6, 6.07) is 5.14. The van der Waals surface area contributed by atoms with Gasteiger partial charge in [0, 0.05) is 12.6 Å². The van der Waals surface area contributed by atoms with Crippen LogP contribution in [0.15, 0.2) is 12.1 Å². The van der Waals surface area contributed by atoms with Crippen molar-refractivity contribution in [2.45, 2.75) is 66.3 Å². The molecule has 1 aromatic rings. The molecule has 0 aromatic heterocycles. The lowest BCUT2D eigenvalue weighted by molar-refractivity contribution is 0.301. The second-order valence-electron chi connectivity index (χ2n) is 6.91. The Bertz CT molecular complexity index is 441. The molecule has 1 saturated carbocycles. The first-order valence-corrected chi connectivity index (χ1v) is 7.72. The van der Waals surface area contributed by atoms with Gasteiger partial charge in [0.15, 0.2) is 0 Å². The Labute approximate surface area is 118 Å². The van der Waals surface area contributed by atoms with Crippen LogP contribution in [-0.2, 0) is 0 Å². The first kappa shape index (κ1) is 14.6. The zero-order valence-corrected chi connectivity index (χ0v) is 13.3. The zero-order valence-electron chi connectivity index (χ0n) is 13.3. The first-order chi connectivity index (χ1) is 8.91. The molecule has 1 aliphatic carbocycles. The van der Waals surface area contributed by atoms with Crippen LogP contribution < -0.4 is 5.32 Å². The number of hydrogen-bond donors (Lipinski definition) is 1. The van der Waals surface area contributed by atoms with Crippen molar-refractivity contribution in [3.63, 3.8) is 0 Å². The van der Waals surface area contributed by atoms with Gasteiger partial charge in [0.1, 0.15) is 0 Å². The fourth-order valence-electron chi connectivity index (χ4n) is 3.36. The molecule has 0 saturated heterocycles. The largest absolute Gasteiger partial charge is 0.310 e. The molecule has 0 aliphatic heterocycles. The van der Waals surface area contributed by atoms with E-state index in [0.717, 1.165) is 6.54 Å². The summed E-state index contributed by atoms with van der Waals surface area (Å²) in [7, 11) is 0. The molecule has 1 aromatic carbocycles. The third-order valence-corrected chi connectivity index (χ3v) is 4.99. The summed E-state index contributed by atoms with van der Waals surface area (Å²) in [6.07, 6.45) is 5.60. The van der Waals surface area contributed by atoms with Crippen LogP contribution in [0.2, 0.25) is 0 Å². The maximum Gasteiger partial charge on any atom is 0.0294 e. The van der Waals surface area contributed by atoms with E-state index in [2.05, 4.69) is 52.1 Å². The van der Waals surface area contributed by atoms with Crippen molar-refractivity contribution in [2.75, 3.05) is 6.54 Å². The van der Waals surface area contributed by atoms with E-state index in [4.69, 9.17) is 0 Å². The molecule has 1 aliphatic rings. The number of nitrogens with one attached hydrogen (secondary N) is 1. The Balaban J connectivity index is 2.03. The lowest BCUT2D eigenvalue weighted by atomic mass is 9.88. The number of aryl methyl sites for hydroxylation is 3. The second kappa shape index (κ2) is 5.66. The van der Waals surface area contributed by atoms with E-state index in [0.29, 0.717) is 11.5 Å². The maximum absolute atomic E-state index is 3.77. The Morgan fingerprint density at radius 3 is 2.26 bits per heavy atom. The molecule has 1 heteroatoms. The predicted molar refractivity (Wildman–Crippen MR) is 83.6 cm³/mol. The van der Waals surface area contributed by atoms with Gasteiger partial charge in [0.25, 0.3) is 0 Å². The van der Waals surface area contributed by atoms with Gasteiger partial charge in [-0.15, -0.1) is 0 Å². The van der Waals surface area contributed by atoms with Crippen LogP contribution in [0.4, 0.5) is 0 Å². The van der Waals surface area contributed by atoms with Crippen molar-refractivity contribution in [2.24, 2.45) is 5.41 Å². The Morgan fingerprint density at radius 1 is 1.05 bits per heavy atom. The van der Waals surface area contributed by atoms with Gasteiger partial charge in [0.2, 0.25) is 0 Å². The van der Waals surface area contributed by atoms with Crippen LogP contribution in [-0.4, -0.2) is 6.54 Å². The van der Waals surface area contributed by atoms with E-state index in [-0.39, 0.29) is 0 Å². The summed E-state index contributed by atoms with van der Waals surface area (Å²) in [5.74, 6) is 0. The zero-order chi connectivity index (χ0) is 14.0. The summed E-state index contributed by atoms with van der Waals surface area (Å²) in [5, 5.41) is 3.77. The highest BCUT2D eigenvalue weighted by atomic mass is 14.9. The average Bonchev–Trinajstić information content (AvgIpc) is 2.78. The second-order valence-corrected chi connectivity index (χ2v) is 6.91. The molecule has 0 heterocycles.